The van der Waals surface area contributed by atoms with E-state index in [0.717, 1.165) is 6.07 Å². The van der Waals surface area contributed by atoms with Gasteiger partial charge in [-0.3, -0.25) is 0 Å². The summed E-state index contributed by atoms with van der Waals surface area (Å²) >= 11 is 3.13. The first-order valence-electron chi connectivity index (χ1n) is 4.21. The number of alkyl halides is 3. The maximum atomic E-state index is 12.4. The van der Waals surface area contributed by atoms with E-state index in [2.05, 4.69) is 20.9 Å². The van der Waals surface area contributed by atoms with E-state index < -0.39 is 11.9 Å². The number of nitrogens with zero attached hydrogens (tertiary/aromatic N) is 1. The number of halogens is 4. The normalized spacial score (nSPS) is 11.7. The number of hydrogen-bond acceptors (Lipinski definition) is 1. The maximum absolute atomic E-state index is 12.4. The molecule has 0 atom stereocenters. The van der Waals surface area contributed by atoms with Crippen molar-refractivity contribution in [2.24, 2.45) is 0 Å². The summed E-state index contributed by atoms with van der Waals surface area (Å²) in [7, 11) is 0. The van der Waals surface area contributed by atoms with Crippen LogP contribution in [0.25, 0.3) is 10.9 Å². The van der Waals surface area contributed by atoms with Gasteiger partial charge < -0.3 is 4.98 Å². The lowest BCUT2D eigenvalue weighted by Gasteiger charge is -2.00. The second-order valence-corrected chi connectivity index (χ2v) is 4.07. The van der Waals surface area contributed by atoms with Gasteiger partial charge in [-0.2, -0.15) is 18.4 Å². The first kappa shape index (κ1) is 11.0. The van der Waals surface area contributed by atoms with Crippen molar-refractivity contribution < 1.29 is 13.2 Å². The average Bonchev–Trinajstić information content (AvgIpc) is 2.61. The molecule has 1 N–H and O–H groups in total. The van der Waals surface area contributed by atoms with Gasteiger partial charge in [0.15, 0.2) is 0 Å². The fourth-order valence-electron chi connectivity index (χ4n) is 1.41. The summed E-state index contributed by atoms with van der Waals surface area (Å²) in [5, 5.41) is 9.09. The van der Waals surface area contributed by atoms with Crippen LogP contribution >= 0.6 is 15.9 Å². The van der Waals surface area contributed by atoms with Crippen LogP contribution < -0.4 is 0 Å². The highest BCUT2D eigenvalue weighted by atomic mass is 79.9. The lowest BCUT2D eigenvalue weighted by molar-refractivity contribution is -0.140. The molecule has 0 radical (unpaired) electrons. The van der Waals surface area contributed by atoms with Gasteiger partial charge in [0.05, 0.1) is 11.6 Å². The van der Waals surface area contributed by atoms with Crippen molar-refractivity contribution in [2.75, 3.05) is 0 Å². The van der Waals surface area contributed by atoms with E-state index in [1.165, 1.54) is 12.1 Å². The van der Waals surface area contributed by atoms with E-state index in [4.69, 9.17) is 5.26 Å². The van der Waals surface area contributed by atoms with Crippen LogP contribution in [-0.4, -0.2) is 4.98 Å². The Morgan fingerprint density at radius 1 is 1.25 bits per heavy atom. The molecule has 0 saturated carbocycles. The van der Waals surface area contributed by atoms with E-state index in [0.29, 0.717) is 20.9 Å². The molecule has 0 amide bonds. The standard InChI is InChI=1S/C10H4BrF3N2/c11-7-1-5(4-15)2-8-6(7)3-9(16-8)10(12,13)14/h1-3,16H. The second-order valence-electron chi connectivity index (χ2n) is 3.21. The van der Waals surface area contributed by atoms with Crippen LogP contribution in [0.1, 0.15) is 11.3 Å². The zero-order valence-electron chi connectivity index (χ0n) is 7.69. The highest BCUT2D eigenvalue weighted by Gasteiger charge is 2.32. The second kappa shape index (κ2) is 3.52. The molecule has 82 valence electrons. The van der Waals surface area contributed by atoms with Crippen molar-refractivity contribution >= 4 is 26.8 Å². The van der Waals surface area contributed by atoms with Gasteiger partial charge in [0.2, 0.25) is 0 Å². The van der Waals surface area contributed by atoms with Crippen molar-refractivity contribution in [3.05, 3.63) is 33.9 Å². The Morgan fingerprint density at radius 2 is 1.94 bits per heavy atom. The molecule has 0 spiro atoms. The number of hydrogen-bond donors (Lipinski definition) is 1. The van der Waals surface area contributed by atoms with Gasteiger partial charge in [-0.1, -0.05) is 15.9 Å². The smallest absolute Gasteiger partial charge is 0.351 e. The third-order valence-corrected chi connectivity index (χ3v) is 2.78. The molecule has 0 aliphatic rings. The minimum Gasteiger partial charge on any atom is -0.351 e. The fraction of sp³-hybridized carbons (Fsp3) is 0.100. The van der Waals surface area contributed by atoms with Crippen LogP contribution in [0.5, 0.6) is 0 Å². The molecular weight excluding hydrogens is 285 g/mol. The molecule has 0 saturated heterocycles. The molecule has 1 aromatic heterocycles. The van der Waals surface area contributed by atoms with Crippen molar-refractivity contribution in [1.82, 2.24) is 4.98 Å². The maximum Gasteiger partial charge on any atom is 0.431 e. The predicted molar refractivity (Wildman–Crippen MR) is 55.7 cm³/mol. The Kier molecular flexibility index (Phi) is 2.43. The molecule has 1 aromatic carbocycles. The summed E-state index contributed by atoms with van der Waals surface area (Å²) in [6.45, 7) is 0. The van der Waals surface area contributed by atoms with Crippen LogP contribution in [0.15, 0.2) is 22.7 Å². The van der Waals surface area contributed by atoms with Crippen molar-refractivity contribution in [2.45, 2.75) is 6.18 Å². The summed E-state index contributed by atoms with van der Waals surface area (Å²) in [6, 6.07) is 5.76. The van der Waals surface area contributed by atoms with E-state index in [9.17, 15) is 13.2 Å². The topological polar surface area (TPSA) is 39.6 Å². The Hall–Kier alpha value is -1.48. The summed E-state index contributed by atoms with van der Waals surface area (Å²) in [5.74, 6) is 0. The summed E-state index contributed by atoms with van der Waals surface area (Å²) in [4.78, 5) is 2.24. The van der Waals surface area contributed by atoms with Crippen LogP contribution in [0, 0.1) is 11.3 Å². The average molecular weight is 289 g/mol. The van der Waals surface area contributed by atoms with Crippen LogP contribution in [-0.2, 0) is 6.18 Å². The Bertz CT molecular complexity index is 592. The van der Waals surface area contributed by atoms with Crippen LogP contribution in [0.2, 0.25) is 0 Å². The van der Waals surface area contributed by atoms with Gasteiger partial charge in [0, 0.05) is 15.4 Å². The molecule has 6 heteroatoms. The molecule has 2 nitrogen and oxygen atoms in total. The molecule has 0 aliphatic carbocycles. The number of aromatic amines is 1. The number of benzene rings is 1. The van der Waals surface area contributed by atoms with E-state index >= 15 is 0 Å². The molecular formula is C10H4BrF3N2. The third kappa shape index (κ3) is 1.78. The minimum atomic E-state index is -4.41. The lowest BCUT2D eigenvalue weighted by atomic mass is 10.2. The summed E-state index contributed by atoms with van der Waals surface area (Å²) < 4.78 is 37.8. The third-order valence-electron chi connectivity index (χ3n) is 2.12. The number of rotatable bonds is 0. The van der Waals surface area contributed by atoms with Crippen molar-refractivity contribution in [3.8, 4) is 6.07 Å². The molecule has 0 aliphatic heterocycles. The molecule has 0 unspecified atom stereocenters. The predicted octanol–water partition coefficient (Wildman–Crippen LogP) is 3.82. The summed E-state index contributed by atoms with van der Waals surface area (Å²) in [6.07, 6.45) is -4.41. The van der Waals surface area contributed by atoms with Gasteiger partial charge in [-0.15, -0.1) is 0 Å². The first-order valence-corrected chi connectivity index (χ1v) is 5.00. The van der Waals surface area contributed by atoms with Gasteiger partial charge in [0.25, 0.3) is 0 Å². The van der Waals surface area contributed by atoms with E-state index in [1.807, 2.05) is 6.07 Å². The van der Waals surface area contributed by atoms with Crippen LogP contribution in [0.4, 0.5) is 13.2 Å². The van der Waals surface area contributed by atoms with Gasteiger partial charge in [0.1, 0.15) is 5.69 Å². The van der Waals surface area contributed by atoms with E-state index in [-0.39, 0.29) is 0 Å². The van der Waals surface area contributed by atoms with Gasteiger partial charge in [-0.25, -0.2) is 0 Å². The molecule has 16 heavy (non-hydrogen) atoms. The molecule has 0 fully saturated rings. The number of aromatic nitrogens is 1. The quantitative estimate of drug-likeness (QED) is 0.786. The molecule has 2 rings (SSSR count). The molecule has 0 bridgehead atoms. The minimum absolute atomic E-state index is 0.290. The molecule has 2 aromatic rings. The van der Waals surface area contributed by atoms with Gasteiger partial charge in [-0.05, 0) is 18.2 Å². The lowest BCUT2D eigenvalue weighted by Crippen LogP contribution is -2.04. The number of nitrogens with one attached hydrogen (secondary N) is 1. The fourth-order valence-corrected chi connectivity index (χ4v) is 1.99. The van der Waals surface area contributed by atoms with E-state index in [1.54, 1.807) is 0 Å². The summed E-state index contributed by atoms with van der Waals surface area (Å²) in [5.41, 5.74) is -0.230. The highest BCUT2D eigenvalue weighted by Crippen LogP contribution is 2.34. The Balaban J connectivity index is 2.72. The first-order chi connectivity index (χ1) is 7.41. The van der Waals surface area contributed by atoms with Crippen LogP contribution in [0.3, 0.4) is 0 Å². The van der Waals surface area contributed by atoms with Crippen molar-refractivity contribution in [3.63, 3.8) is 0 Å². The van der Waals surface area contributed by atoms with Crippen molar-refractivity contribution in [1.29, 1.82) is 5.26 Å². The van der Waals surface area contributed by atoms with Gasteiger partial charge >= 0.3 is 6.18 Å². The number of fused-ring (bicyclic) bond motifs is 1. The SMILES string of the molecule is N#Cc1cc(Br)c2cc(C(F)(F)F)[nH]c2c1. The Morgan fingerprint density at radius 3 is 2.50 bits per heavy atom. The zero-order chi connectivity index (χ0) is 11.9. The Labute approximate surface area is 96.8 Å². The monoisotopic (exact) mass is 288 g/mol. The molecule has 1 heterocycles. The number of H-pyrrole nitrogens is 1. The highest BCUT2D eigenvalue weighted by molar-refractivity contribution is 9.10. The largest absolute Gasteiger partial charge is 0.431 e. The number of nitriles is 1. The zero-order valence-corrected chi connectivity index (χ0v) is 9.28.